The van der Waals surface area contributed by atoms with Crippen LogP contribution in [0.25, 0.3) is 0 Å². The predicted octanol–water partition coefficient (Wildman–Crippen LogP) is 2.18. The third kappa shape index (κ3) is 3.50. The van der Waals surface area contributed by atoms with Gasteiger partial charge in [0.25, 0.3) is 0 Å². The Morgan fingerprint density at radius 1 is 0.964 bits per heavy atom. The number of amides is 3. The summed E-state index contributed by atoms with van der Waals surface area (Å²) in [7, 11) is 0. The van der Waals surface area contributed by atoms with Gasteiger partial charge >= 0.3 is 0 Å². The number of nitrogens with zero attached hydrogens (tertiary/aromatic N) is 3. The highest BCUT2D eigenvalue weighted by Gasteiger charge is 2.52. The van der Waals surface area contributed by atoms with Crippen molar-refractivity contribution in [3.05, 3.63) is 30.1 Å². The van der Waals surface area contributed by atoms with Crippen molar-refractivity contribution >= 4 is 23.4 Å². The van der Waals surface area contributed by atoms with Crippen LogP contribution in [0.15, 0.2) is 24.3 Å². The van der Waals surface area contributed by atoms with Gasteiger partial charge in [-0.25, -0.2) is 4.39 Å². The molecule has 150 valence electrons. The topological polar surface area (TPSA) is 60.9 Å². The molecule has 0 N–H and O–H groups in total. The van der Waals surface area contributed by atoms with E-state index in [9.17, 15) is 18.8 Å². The van der Waals surface area contributed by atoms with E-state index in [1.807, 2.05) is 0 Å². The van der Waals surface area contributed by atoms with Crippen molar-refractivity contribution in [2.75, 3.05) is 37.6 Å². The Morgan fingerprint density at radius 3 is 2.25 bits per heavy atom. The second-order valence-electron chi connectivity index (χ2n) is 8.15. The van der Waals surface area contributed by atoms with Crippen LogP contribution in [0, 0.1) is 11.2 Å². The number of benzene rings is 1. The van der Waals surface area contributed by atoms with Crippen molar-refractivity contribution in [1.29, 1.82) is 0 Å². The Hall–Kier alpha value is -2.44. The first kappa shape index (κ1) is 18.9. The van der Waals surface area contributed by atoms with Gasteiger partial charge in [-0.3, -0.25) is 19.3 Å². The first-order chi connectivity index (χ1) is 13.5. The van der Waals surface area contributed by atoms with Crippen LogP contribution in [0.3, 0.4) is 0 Å². The Morgan fingerprint density at radius 2 is 1.61 bits per heavy atom. The number of rotatable bonds is 3. The van der Waals surface area contributed by atoms with Gasteiger partial charge in [0, 0.05) is 38.3 Å². The first-order valence-corrected chi connectivity index (χ1v) is 10.1. The Kier molecular flexibility index (Phi) is 5.08. The molecule has 1 spiro atoms. The van der Waals surface area contributed by atoms with Crippen LogP contribution in [0.4, 0.5) is 10.1 Å². The fraction of sp³-hybridized carbons (Fsp3) is 0.571. The number of hydrogen-bond donors (Lipinski definition) is 0. The van der Waals surface area contributed by atoms with E-state index in [4.69, 9.17) is 0 Å². The summed E-state index contributed by atoms with van der Waals surface area (Å²) in [4.78, 5) is 43.0. The molecule has 0 bridgehead atoms. The number of carbonyl (C=O) groups excluding carboxylic acids is 3. The highest BCUT2D eigenvalue weighted by atomic mass is 19.1. The smallest absolute Gasteiger partial charge is 0.242 e. The normalized spacial score (nSPS) is 22.2. The molecule has 6 nitrogen and oxygen atoms in total. The van der Waals surface area contributed by atoms with Crippen molar-refractivity contribution in [3.8, 4) is 0 Å². The minimum absolute atomic E-state index is 0.143. The molecule has 1 aromatic carbocycles. The van der Waals surface area contributed by atoms with Gasteiger partial charge in [-0.05, 0) is 37.1 Å². The van der Waals surface area contributed by atoms with Crippen molar-refractivity contribution < 1.29 is 18.8 Å². The SMILES string of the molecule is O=C(CN1C(=O)CC2(CCCCC2)C1=O)N1CCN(c2ccc(F)cc2)CC1. The maximum absolute atomic E-state index is 13.1. The lowest BCUT2D eigenvalue weighted by molar-refractivity contribution is -0.148. The summed E-state index contributed by atoms with van der Waals surface area (Å²) < 4.78 is 13.1. The highest BCUT2D eigenvalue weighted by molar-refractivity contribution is 6.08. The average Bonchev–Trinajstić information content (AvgIpc) is 2.93. The largest absolute Gasteiger partial charge is 0.368 e. The van der Waals surface area contributed by atoms with Crippen LogP contribution in [-0.2, 0) is 14.4 Å². The number of anilines is 1. The third-order valence-corrected chi connectivity index (χ3v) is 6.42. The van der Waals surface area contributed by atoms with Crippen molar-refractivity contribution in [3.63, 3.8) is 0 Å². The quantitative estimate of drug-likeness (QED) is 0.746. The van der Waals surface area contributed by atoms with Gasteiger partial charge in [-0.2, -0.15) is 0 Å². The van der Waals surface area contributed by atoms with Crippen molar-refractivity contribution in [2.45, 2.75) is 38.5 Å². The molecule has 1 saturated carbocycles. The molecule has 2 heterocycles. The molecule has 28 heavy (non-hydrogen) atoms. The molecule has 7 heteroatoms. The van der Waals surface area contributed by atoms with Gasteiger partial charge in [0.2, 0.25) is 17.7 Å². The number of imide groups is 1. The maximum Gasteiger partial charge on any atom is 0.242 e. The molecule has 1 aliphatic carbocycles. The minimum Gasteiger partial charge on any atom is -0.368 e. The fourth-order valence-corrected chi connectivity index (χ4v) is 4.74. The van der Waals surface area contributed by atoms with Gasteiger partial charge in [0.15, 0.2) is 0 Å². The summed E-state index contributed by atoms with van der Waals surface area (Å²) in [5.41, 5.74) is 0.384. The Bertz CT molecular complexity index is 766. The Balaban J connectivity index is 1.34. The van der Waals surface area contributed by atoms with Gasteiger partial charge in [0.1, 0.15) is 12.4 Å². The van der Waals surface area contributed by atoms with Crippen molar-refractivity contribution in [2.24, 2.45) is 5.41 Å². The zero-order chi connectivity index (χ0) is 19.7. The van der Waals surface area contributed by atoms with E-state index in [2.05, 4.69) is 4.90 Å². The number of likely N-dealkylation sites (tertiary alicyclic amines) is 1. The Labute approximate surface area is 164 Å². The molecule has 3 aliphatic rings. The number of hydrogen-bond acceptors (Lipinski definition) is 4. The molecule has 2 aliphatic heterocycles. The van der Waals surface area contributed by atoms with E-state index >= 15 is 0 Å². The minimum atomic E-state index is -0.545. The summed E-state index contributed by atoms with van der Waals surface area (Å²) in [6, 6.07) is 6.33. The molecular formula is C21H26FN3O3. The van der Waals surface area contributed by atoms with E-state index in [0.717, 1.165) is 37.8 Å². The molecule has 3 fully saturated rings. The molecule has 0 atom stereocenters. The fourth-order valence-electron chi connectivity index (χ4n) is 4.74. The van der Waals surface area contributed by atoms with Crippen LogP contribution in [0.2, 0.25) is 0 Å². The second-order valence-corrected chi connectivity index (χ2v) is 8.15. The van der Waals surface area contributed by atoms with Gasteiger partial charge in [-0.15, -0.1) is 0 Å². The van der Waals surface area contributed by atoms with Crippen LogP contribution < -0.4 is 4.90 Å². The lowest BCUT2D eigenvalue weighted by Gasteiger charge is -2.36. The van der Waals surface area contributed by atoms with Crippen molar-refractivity contribution in [1.82, 2.24) is 9.80 Å². The first-order valence-electron chi connectivity index (χ1n) is 10.1. The zero-order valence-electron chi connectivity index (χ0n) is 16.0. The maximum atomic E-state index is 13.1. The molecule has 0 radical (unpaired) electrons. The summed E-state index contributed by atoms with van der Waals surface area (Å²) in [5.74, 6) is -0.790. The summed E-state index contributed by atoms with van der Waals surface area (Å²) in [6.45, 7) is 2.19. The number of piperazine rings is 1. The molecule has 0 aromatic heterocycles. The zero-order valence-corrected chi connectivity index (χ0v) is 16.0. The monoisotopic (exact) mass is 387 g/mol. The highest BCUT2D eigenvalue weighted by Crippen LogP contribution is 2.45. The van der Waals surface area contributed by atoms with E-state index in [1.54, 1.807) is 17.0 Å². The predicted molar refractivity (Wildman–Crippen MR) is 102 cm³/mol. The second kappa shape index (κ2) is 7.53. The lowest BCUT2D eigenvalue weighted by atomic mass is 9.73. The van der Waals surface area contributed by atoms with Crippen LogP contribution >= 0.6 is 0 Å². The number of carbonyl (C=O) groups is 3. The summed E-state index contributed by atoms with van der Waals surface area (Å²) in [5, 5.41) is 0. The van der Waals surface area contributed by atoms with Crippen LogP contribution in [-0.4, -0.2) is 60.2 Å². The van der Waals surface area contributed by atoms with E-state index in [1.165, 1.54) is 17.0 Å². The third-order valence-electron chi connectivity index (χ3n) is 6.42. The summed E-state index contributed by atoms with van der Waals surface area (Å²) >= 11 is 0. The van der Waals surface area contributed by atoms with E-state index in [-0.39, 0.29) is 36.5 Å². The molecule has 4 rings (SSSR count). The molecule has 3 amide bonds. The molecule has 2 saturated heterocycles. The molecule has 1 aromatic rings. The molecule has 0 unspecified atom stereocenters. The standard InChI is InChI=1S/C21H26FN3O3/c22-16-4-6-17(7-5-16)23-10-12-24(13-11-23)19(27)15-25-18(26)14-21(20(25)28)8-2-1-3-9-21/h4-7H,1-3,8-15H2. The van der Waals surface area contributed by atoms with Crippen LogP contribution in [0.5, 0.6) is 0 Å². The summed E-state index contributed by atoms with van der Waals surface area (Å²) in [6.07, 6.45) is 4.85. The van der Waals surface area contributed by atoms with Gasteiger partial charge in [0.05, 0.1) is 5.41 Å². The van der Waals surface area contributed by atoms with Gasteiger partial charge < -0.3 is 9.80 Å². The van der Waals surface area contributed by atoms with Crippen LogP contribution in [0.1, 0.15) is 38.5 Å². The van der Waals surface area contributed by atoms with E-state index in [0.29, 0.717) is 26.2 Å². The lowest BCUT2D eigenvalue weighted by Crippen LogP contribution is -2.52. The average molecular weight is 387 g/mol. The van der Waals surface area contributed by atoms with Gasteiger partial charge in [-0.1, -0.05) is 19.3 Å². The van der Waals surface area contributed by atoms with E-state index < -0.39 is 5.41 Å². The number of halogens is 1. The molecular weight excluding hydrogens is 361 g/mol.